The highest BCUT2D eigenvalue weighted by atomic mass is 16.5. The monoisotopic (exact) mass is 249 g/mol. The van der Waals surface area contributed by atoms with Crippen LogP contribution in [-0.2, 0) is 4.79 Å². The highest BCUT2D eigenvalue weighted by Crippen LogP contribution is 2.32. The number of benzene rings is 1. The Hall–Kier alpha value is -1.71. The summed E-state index contributed by atoms with van der Waals surface area (Å²) in [6, 6.07) is 5.50. The zero-order chi connectivity index (χ0) is 13.1. The molecule has 0 aliphatic carbocycles. The average molecular weight is 249 g/mol. The number of carbonyl (C=O) groups is 1. The van der Waals surface area contributed by atoms with Gasteiger partial charge in [-0.1, -0.05) is 13.8 Å². The third-order valence-electron chi connectivity index (χ3n) is 2.61. The minimum Gasteiger partial charge on any atom is -0.493 e. The van der Waals surface area contributed by atoms with Crippen LogP contribution >= 0.6 is 0 Å². The molecule has 0 spiro atoms. The molecule has 0 saturated carbocycles. The molecule has 1 atom stereocenters. The van der Waals surface area contributed by atoms with Crippen LogP contribution in [0.4, 0.5) is 5.69 Å². The van der Waals surface area contributed by atoms with Crippen molar-refractivity contribution in [2.24, 2.45) is 5.92 Å². The van der Waals surface area contributed by atoms with Crippen molar-refractivity contribution in [2.45, 2.75) is 33.3 Å². The van der Waals surface area contributed by atoms with E-state index in [9.17, 15) is 4.79 Å². The lowest BCUT2D eigenvalue weighted by Gasteiger charge is -2.14. The van der Waals surface area contributed by atoms with Gasteiger partial charge in [-0.3, -0.25) is 4.79 Å². The summed E-state index contributed by atoms with van der Waals surface area (Å²) in [6.07, 6.45) is 0.253. The van der Waals surface area contributed by atoms with Crippen LogP contribution in [0.25, 0.3) is 0 Å². The maximum Gasteiger partial charge on any atom is 0.228 e. The fraction of sp³-hybridized carbons (Fsp3) is 0.500. The van der Waals surface area contributed by atoms with E-state index in [0.29, 0.717) is 30.4 Å². The number of rotatable bonds is 3. The molecule has 0 aromatic heterocycles. The maximum atomic E-state index is 11.5. The van der Waals surface area contributed by atoms with E-state index in [0.717, 1.165) is 5.75 Å². The quantitative estimate of drug-likeness (QED) is 0.896. The number of hydrogen-bond donors (Lipinski definition) is 1. The van der Waals surface area contributed by atoms with Crippen molar-refractivity contribution in [3.8, 4) is 11.5 Å². The number of carbonyl (C=O) groups excluding carboxylic acids is 1. The van der Waals surface area contributed by atoms with Crippen LogP contribution in [0.5, 0.6) is 11.5 Å². The Bertz CT molecular complexity index is 443. The zero-order valence-electron chi connectivity index (χ0n) is 11.0. The van der Waals surface area contributed by atoms with Crippen LogP contribution in [0.15, 0.2) is 18.2 Å². The van der Waals surface area contributed by atoms with Crippen molar-refractivity contribution < 1.29 is 14.3 Å². The first-order valence-corrected chi connectivity index (χ1v) is 6.28. The zero-order valence-corrected chi connectivity index (χ0v) is 11.0. The van der Waals surface area contributed by atoms with Crippen molar-refractivity contribution in [3.63, 3.8) is 0 Å². The Kier molecular flexibility index (Phi) is 3.75. The van der Waals surface area contributed by atoms with Gasteiger partial charge in [-0.05, 0) is 25.0 Å². The van der Waals surface area contributed by atoms with Gasteiger partial charge in [0.15, 0.2) is 0 Å². The molecule has 0 saturated heterocycles. The van der Waals surface area contributed by atoms with E-state index in [1.54, 1.807) is 0 Å². The Balaban J connectivity index is 2.17. The van der Waals surface area contributed by atoms with Gasteiger partial charge < -0.3 is 14.8 Å². The largest absolute Gasteiger partial charge is 0.493 e. The third kappa shape index (κ3) is 3.15. The number of ether oxygens (including phenoxy) is 2. The topological polar surface area (TPSA) is 47.6 Å². The highest BCUT2D eigenvalue weighted by molar-refractivity contribution is 5.93. The first kappa shape index (κ1) is 12.7. The van der Waals surface area contributed by atoms with Gasteiger partial charge in [0, 0.05) is 6.07 Å². The summed E-state index contributed by atoms with van der Waals surface area (Å²) < 4.78 is 11.4. The molecule has 1 amide bonds. The van der Waals surface area contributed by atoms with Gasteiger partial charge >= 0.3 is 0 Å². The number of hydrogen-bond acceptors (Lipinski definition) is 3. The lowest BCUT2D eigenvalue weighted by atomic mass is 10.2. The molecular formula is C14H19NO3. The van der Waals surface area contributed by atoms with E-state index in [-0.39, 0.29) is 12.0 Å². The Morgan fingerprint density at radius 2 is 2.28 bits per heavy atom. The molecule has 4 heteroatoms. The van der Waals surface area contributed by atoms with E-state index >= 15 is 0 Å². The van der Waals surface area contributed by atoms with E-state index in [1.807, 2.05) is 25.1 Å². The minimum absolute atomic E-state index is 0.0166. The average Bonchev–Trinajstić information content (AvgIpc) is 2.42. The second kappa shape index (κ2) is 5.29. The standard InChI is InChI=1S/C14H19NO3/c1-9(2)8-17-11-4-5-12-13(7-11)18-10(3)6-14(16)15-12/h4-5,7,9-10H,6,8H2,1-3H3,(H,15,16)/t10-/m1/s1. The fourth-order valence-electron chi connectivity index (χ4n) is 1.78. The van der Waals surface area contributed by atoms with Gasteiger partial charge in [-0.25, -0.2) is 0 Å². The molecule has 0 fully saturated rings. The SMILES string of the molecule is CC(C)COc1ccc2c(c1)O[C@H](C)CC(=O)N2. The highest BCUT2D eigenvalue weighted by Gasteiger charge is 2.19. The molecule has 1 aromatic rings. The van der Waals surface area contributed by atoms with Crippen molar-refractivity contribution in [1.29, 1.82) is 0 Å². The lowest BCUT2D eigenvalue weighted by molar-refractivity contribution is -0.117. The van der Waals surface area contributed by atoms with E-state index in [4.69, 9.17) is 9.47 Å². The first-order valence-electron chi connectivity index (χ1n) is 6.28. The predicted molar refractivity (Wildman–Crippen MR) is 70.1 cm³/mol. The summed E-state index contributed by atoms with van der Waals surface area (Å²) in [5.74, 6) is 1.90. The summed E-state index contributed by atoms with van der Waals surface area (Å²) in [5.41, 5.74) is 0.709. The Morgan fingerprint density at radius 1 is 1.50 bits per heavy atom. The number of fused-ring (bicyclic) bond motifs is 1. The van der Waals surface area contributed by atoms with E-state index in [1.165, 1.54) is 0 Å². The van der Waals surface area contributed by atoms with Crippen molar-refractivity contribution >= 4 is 11.6 Å². The van der Waals surface area contributed by atoms with Crippen LogP contribution in [0, 0.1) is 5.92 Å². The molecule has 4 nitrogen and oxygen atoms in total. The fourth-order valence-corrected chi connectivity index (χ4v) is 1.78. The smallest absolute Gasteiger partial charge is 0.228 e. The van der Waals surface area contributed by atoms with Crippen molar-refractivity contribution in [2.75, 3.05) is 11.9 Å². The number of anilines is 1. The van der Waals surface area contributed by atoms with Gasteiger partial charge in [0.05, 0.1) is 18.7 Å². The Morgan fingerprint density at radius 3 is 3.00 bits per heavy atom. The first-order chi connectivity index (χ1) is 8.54. The molecule has 0 radical (unpaired) electrons. The number of amides is 1. The molecule has 1 heterocycles. The molecule has 1 aliphatic heterocycles. The van der Waals surface area contributed by atoms with Gasteiger partial charge in [0.2, 0.25) is 5.91 Å². The molecule has 1 N–H and O–H groups in total. The summed E-state index contributed by atoms with van der Waals surface area (Å²) in [5, 5.41) is 2.83. The number of nitrogens with one attached hydrogen (secondary N) is 1. The van der Waals surface area contributed by atoms with Gasteiger partial charge in [0.1, 0.15) is 17.6 Å². The van der Waals surface area contributed by atoms with Crippen LogP contribution < -0.4 is 14.8 Å². The van der Waals surface area contributed by atoms with Gasteiger partial charge in [0.25, 0.3) is 0 Å². The summed E-state index contributed by atoms with van der Waals surface area (Å²) in [4.78, 5) is 11.5. The second-order valence-corrected chi connectivity index (χ2v) is 5.04. The second-order valence-electron chi connectivity index (χ2n) is 5.04. The molecule has 2 rings (SSSR count). The predicted octanol–water partition coefficient (Wildman–Crippen LogP) is 2.83. The van der Waals surface area contributed by atoms with E-state index < -0.39 is 0 Å². The molecule has 0 bridgehead atoms. The van der Waals surface area contributed by atoms with E-state index in [2.05, 4.69) is 19.2 Å². The summed E-state index contributed by atoms with van der Waals surface area (Å²) in [7, 11) is 0. The Labute approximate surface area is 107 Å². The van der Waals surface area contributed by atoms with Crippen LogP contribution in [0.3, 0.4) is 0 Å². The minimum atomic E-state index is -0.119. The van der Waals surface area contributed by atoms with Crippen LogP contribution in [-0.4, -0.2) is 18.6 Å². The molecule has 1 aliphatic rings. The summed E-state index contributed by atoms with van der Waals surface area (Å²) >= 11 is 0. The third-order valence-corrected chi connectivity index (χ3v) is 2.61. The molecular weight excluding hydrogens is 230 g/mol. The normalized spacial score (nSPS) is 18.7. The van der Waals surface area contributed by atoms with Crippen molar-refractivity contribution in [1.82, 2.24) is 0 Å². The van der Waals surface area contributed by atoms with Crippen LogP contribution in [0.1, 0.15) is 27.2 Å². The van der Waals surface area contributed by atoms with Crippen molar-refractivity contribution in [3.05, 3.63) is 18.2 Å². The van der Waals surface area contributed by atoms with Gasteiger partial charge in [-0.2, -0.15) is 0 Å². The lowest BCUT2D eigenvalue weighted by Crippen LogP contribution is -2.17. The summed E-state index contributed by atoms with van der Waals surface area (Å²) in [6.45, 7) is 6.75. The molecule has 0 unspecified atom stereocenters. The molecule has 18 heavy (non-hydrogen) atoms. The van der Waals surface area contributed by atoms with Gasteiger partial charge in [-0.15, -0.1) is 0 Å². The molecule has 98 valence electrons. The van der Waals surface area contributed by atoms with Crippen LogP contribution in [0.2, 0.25) is 0 Å². The maximum absolute atomic E-state index is 11.5. The molecule has 1 aromatic carbocycles.